The van der Waals surface area contributed by atoms with Crippen LogP contribution in [-0.4, -0.2) is 26.8 Å². The SMILES string of the molecule is COCCNCC1(c2cccc(C)c2)CCCCCC1. The Morgan fingerprint density at radius 1 is 1.15 bits per heavy atom. The van der Waals surface area contributed by atoms with Gasteiger partial charge in [0.1, 0.15) is 0 Å². The Kier molecular flexibility index (Phi) is 6.06. The van der Waals surface area contributed by atoms with E-state index in [1.54, 1.807) is 7.11 Å². The molecule has 1 aromatic carbocycles. The standard InChI is InChI=1S/C18H29NO/c1-16-8-7-9-17(14-16)18(15-19-12-13-20-2)10-5-3-4-6-11-18/h7-9,14,19H,3-6,10-13,15H2,1-2H3. The number of ether oxygens (including phenoxy) is 1. The van der Waals surface area contributed by atoms with Gasteiger partial charge < -0.3 is 10.1 Å². The number of aryl methyl sites for hydroxylation is 1. The minimum Gasteiger partial charge on any atom is -0.383 e. The van der Waals surface area contributed by atoms with Crippen LogP contribution in [0.2, 0.25) is 0 Å². The summed E-state index contributed by atoms with van der Waals surface area (Å²) in [6.45, 7) is 5.03. The fourth-order valence-corrected chi connectivity index (χ4v) is 3.45. The molecular weight excluding hydrogens is 246 g/mol. The van der Waals surface area contributed by atoms with Crippen molar-refractivity contribution in [3.63, 3.8) is 0 Å². The number of rotatable bonds is 6. The summed E-state index contributed by atoms with van der Waals surface area (Å²) < 4.78 is 5.15. The highest BCUT2D eigenvalue weighted by atomic mass is 16.5. The van der Waals surface area contributed by atoms with Crippen LogP contribution in [-0.2, 0) is 10.2 Å². The van der Waals surface area contributed by atoms with E-state index in [0.29, 0.717) is 5.41 Å². The van der Waals surface area contributed by atoms with Crippen LogP contribution in [0.5, 0.6) is 0 Å². The maximum absolute atomic E-state index is 5.15. The Bertz CT molecular complexity index is 394. The molecule has 0 radical (unpaired) electrons. The normalized spacial score (nSPS) is 18.7. The quantitative estimate of drug-likeness (QED) is 0.629. The van der Waals surface area contributed by atoms with E-state index < -0.39 is 0 Å². The number of hydrogen-bond donors (Lipinski definition) is 1. The lowest BCUT2D eigenvalue weighted by Gasteiger charge is -2.34. The first kappa shape index (κ1) is 15.5. The van der Waals surface area contributed by atoms with Gasteiger partial charge in [-0.15, -0.1) is 0 Å². The molecule has 0 saturated heterocycles. The van der Waals surface area contributed by atoms with Crippen molar-refractivity contribution >= 4 is 0 Å². The van der Waals surface area contributed by atoms with Crippen LogP contribution in [0.15, 0.2) is 24.3 Å². The first-order valence-corrected chi connectivity index (χ1v) is 8.04. The summed E-state index contributed by atoms with van der Waals surface area (Å²) >= 11 is 0. The molecule has 1 aromatic rings. The average molecular weight is 275 g/mol. The minimum absolute atomic E-state index is 0.330. The van der Waals surface area contributed by atoms with Crippen molar-refractivity contribution in [2.24, 2.45) is 0 Å². The lowest BCUT2D eigenvalue weighted by atomic mass is 9.74. The third-order valence-electron chi connectivity index (χ3n) is 4.64. The molecule has 2 heteroatoms. The van der Waals surface area contributed by atoms with Crippen LogP contribution in [0.4, 0.5) is 0 Å². The molecule has 0 atom stereocenters. The molecule has 0 bridgehead atoms. The molecule has 2 rings (SSSR count). The van der Waals surface area contributed by atoms with Crippen molar-refractivity contribution in [1.82, 2.24) is 5.32 Å². The number of hydrogen-bond acceptors (Lipinski definition) is 2. The van der Waals surface area contributed by atoms with Crippen molar-refractivity contribution in [3.8, 4) is 0 Å². The Morgan fingerprint density at radius 2 is 1.90 bits per heavy atom. The second-order valence-electron chi connectivity index (χ2n) is 6.23. The Morgan fingerprint density at radius 3 is 2.55 bits per heavy atom. The molecule has 1 aliphatic rings. The van der Waals surface area contributed by atoms with Gasteiger partial charge in [0, 0.05) is 25.6 Å². The Labute approximate surface area is 123 Å². The predicted octanol–water partition coefficient (Wildman–Crippen LogP) is 3.82. The van der Waals surface area contributed by atoms with Crippen molar-refractivity contribution in [2.75, 3.05) is 26.8 Å². The highest BCUT2D eigenvalue weighted by molar-refractivity contribution is 5.30. The molecule has 1 N–H and O–H groups in total. The van der Waals surface area contributed by atoms with Crippen LogP contribution in [0.1, 0.15) is 49.7 Å². The maximum atomic E-state index is 5.15. The van der Waals surface area contributed by atoms with E-state index in [2.05, 4.69) is 36.5 Å². The van der Waals surface area contributed by atoms with E-state index in [1.807, 2.05) is 0 Å². The van der Waals surface area contributed by atoms with Gasteiger partial charge in [-0.25, -0.2) is 0 Å². The summed E-state index contributed by atoms with van der Waals surface area (Å²) in [7, 11) is 1.77. The highest BCUT2D eigenvalue weighted by Crippen LogP contribution is 2.38. The van der Waals surface area contributed by atoms with E-state index >= 15 is 0 Å². The molecule has 0 unspecified atom stereocenters. The van der Waals surface area contributed by atoms with Crippen LogP contribution < -0.4 is 5.32 Å². The topological polar surface area (TPSA) is 21.3 Å². The van der Waals surface area contributed by atoms with Gasteiger partial charge in [-0.2, -0.15) is 0 Å². The largest absolute Gasteiger partial charge is 0.383 e. The van der Waals surface area contributed by atoms with Crippen molar-refractivity contribution in [3.05, 3.63) is 35.4 Å². The van der Waals surface area contributed by atoms with Gasteiger partial charge in [0.2, 0.25) is 0 Å². The minimum atomic E-state index is 0.330. The van der Waals surface area contributed by atoms with Crippen LogP contribution >= 0.6 is 0 Å². The molecule has 112 valence electrons. The summed E-state index contributed by atoms with van der Waals surface area (Å²) in [6, 6.07) is 9.14. The molecule has 20 heavy (non-hydrogen) atoms. The van der Waals surface area contributed by atoms with E-state index in [1.165, 1.54) is 49.7 Å². The number of benzene rings is 1. The smallest absolute Gasteiger partial charge is 0.0587 e. The first-order valence-electron chi connectivity index (χ1n) is 8.04. The molecule has 1 fully saturated rings. The number of methoxy groups -OCH3 is 1. The third-order valence-corrected chi connectivity index (χ3v) is 4.64. The lowest BCUT2D eigenvalue weighted by Crippen LogP contribution is -2.39. The van der Waals surface area contributed by atoms with Gasteiger partial charge in [0.15, 0.2) is 0 Å². The van der Waals surface area contributed by atoms with E-state index in [0.717, 1.165) is 19.7 Å². The fourth-order valence-electron chi connectivity index (χ4n) is 3.45. The predicted molar refractivity (Wildman–Crippen MR) is 85.3 cm³/mol. The van der Waals surface area contributed by atoms with Gasteiger partial charge in [0.25, 0.3) is 0 Å². The van der Waals surface area contributed by atoms with E-state index in [9.17, 15) is 0 Å². The summed E-state index contributed by atoms with van der Waals surface area (Å²) in [6.07, 6.45) is 8.14. The molecular formula is C18H29NO. The lowest BCUT2D eigenvalue weighted by molar-refractivity contribution is 0.195. The van der Waals surface area contributed by atoms with Gasteiger partial charge in [-0.1, -0.05) is 55.5 Å². The van der Waals surface area contributed by atoms with Crippen molar-refractivity contribution in [2.45, 2.75) is 50.9 Å². The first-order chi connectivity index (χ1) is 9.77. The van der Waals surface area contributed by atoms with Crippen LogP contribution in [0.3, 0.4) is 0 Å². The monoisotopic (exact) mass is 275 g/mol. The van der Waals surface area contributed by atoms with Crippen molar-refractivity contribution in [1.29, 1.82) is 0 Å². The fraction of sp³-hybridized carbons (Fsp3) is 0.667. The van der Waals surface area contributed by atoms with Crippen LogP contribution in [0, 0.1) is 6.92 Å². The zero-order valence-corrected chi connectivity index (χ0v) is 13.1. The molecule has 0 aromatic heterocycles. The van der Waals surface area contributed by atoms with Crippen molar-refractivity contribution < 1.29 is 4.74 Å². The van der Waals surface area contributed by atoms with Crippen LogP contribution in [0.25, 0.3) is 0 Å². The van der Waals surface area contributed by atoms with E-state index in [4.69, 9.17) is 4.74 Å². The van der Waals surface area contributed by atoms with Gasteiger partial charge >= 0.3 is 0 Å². The summed E-state index contributed by atoms with van der Waals surface area (Å²) in [4.78, 5) is 0. The van der Waals surface area contributed by atoms with Gasteiger partial charge in [-0.3, -0.25) is 0 Å². The molecule has 1 saturated carbocycles. The molecule has 1 aliphatic carbocycles. The molecule has 2 nitrogen and oxygen atoms in total. The zero-order chi connectivity index (χ0) is 14.3. The summed E-state index contributed by atoms with van der Waals surface area (Å²) in [5.74, 6) is 0. The van der Waals surface area contributed by atoms with Gasteiger partial charge in [-0.05, 0) is 25.3 Å². The highest BCUT2D eigenvalue weighted by Gasteiger charge is 2.32. The number of nitrogens with one attached hydrogen (secondary N) is 1. The molecule has 0 amide bonds. The molecule has 0 aliphatic heterocycles. The second kappa shape index (κ2) is 7.80. The zero-order valence-electron chi connectivity index (χ0n) is 13.1. The maximum Gasteiger partial charge on any atom is 0.0587 e. The van der Waals surface area contributed by atoms with Gasteiger partial charge in [0.05, 0.1) is 6.61 Å². The van der Waals surface area contributed by atoms with E-state index in [-0.39, 0.29) is 0 Å². The Balaban J connectivity index is 2.14. The third kappa shape index (κ3) is 4.07. The summed E-state index contributed by atoms with van der Waals surface area (Å²) in [5.41, 5.74) is 3.24. The second-order valence-corrected chi connectivity index (χ2v) is 6.23. The summed E-state index contributed by atoms with van der Waals surface area (Å²) in [5, 5.41) is 3.62. The molecule has 0 heterocycles. The Hall–Kier alpha value is -0.860. The molecule has 0 spiro atoms. The average Bonchev–Trinajstić information content (AvgIpc) is 2.70.